The van der Waals surface area contributed by atoms with Gasteiger partial charge in [-0.3, -0.25) is 4.79 Å². The molecule has 2 aromatic carbocycles. The Bertz CT molecular complexity index is 625. The lowest BCUT2D eigenvalue weighted by molar-refractivity contribution is -0.118. The van der Waals surface area contributed by atoms with Crippen LogP contribution in [0.2, 0.25) is 0 Å². The Labute approximate surface area is 139 Å². The van der Waals surface area contributed by atoms with Crippen molar-refractivity contribution in [2.45, 2.75) is 26.2 Å². The van der Waals surface area contributed by atoms with Gasteiger partial charge in [0, 0.05) is 10.2 Å². The van der Waals surface area contributed by atoms with Crippen LogP contribution >= 0.6 is 15.9 Å². The molecule has 0 aliphatic carbocycles. The minimum absolute atomic E-state index is 0.00350. The number of hydrogen-bond donors (Lipinski definition) is 1. The molecular formula is C18H20BrNO2. The summed E-state index contributed by atoms with van der Waals surface area (Å²) in [6.07, 6.45) is 1.03. The molecule has 0 aliphatic rings. The number of anilines is 1. The van der Waals surface area contributed by atoms with Gasteiger partial charge in [-0.1, -0.05) is 48.0 Å². The van der Waals surface area contributed by atoms with E-state index in [1.807, 2.05) is 42.5 Å². The molecule has 3 nitrogen and oxygen atoms in total. The Morgan fingerprint density at radius 3 is 2.55 bits per heavy atom. The average Bonchev–Trinajstić information content (AvgIpc) is 2.54. The van der Waals surface area contributed by atoms with Crippen molar-refractivity contribution in [1.29, 1.82) is 0 Å². The van der Waals surface area contributed by atoms with Gasteiger partial charge < -0.3 is 10.1 Å². The monoisotopic (exact) mass is 361 g/mol. The van der Waals surface area contributed by atoms with Crippen LogP contribution in [0, 0.1) is 0 Å². The van der Waals surface area contributed by atoms with E-state index in [9.17, 15) is 4.79 Å². The van der Waals surface area contributed by atoms with Crippen molar-refractivity contribution in [3.05, 3.63) is 58.6 Å². The Balaban J connectivity index is 1.96. The average molecular weight is 362 g/mol. The van der Waals surface area contributed by atoms with Crippen LogP contribution in [0.4, 0.5) is 5.69 Å². The van der Waals surface area contributed by atoms with E-state index in [2.05, 4.69) is 41.2 Å². The van der Waals surface area contributed by atoms with E-state index in [1.54, 1.807) is 0 Å². The standard InChI is InChI=1S/C18H20BrNO2/c1-3-13(2)16-6-4-5-7-17(16)20-18(21)12-22-15-10-8-14(19)9-11-15/h4-11,13H,3,12H2,1-2H3,(H,20,21)/t13-/m0/s1. The number of para-hydroxylation sites is 1. The first-order valence-electron chi connectivity index (χ1n) is 7.37. The summed E-state index contributed by atoms with van der Waals surface area (Å²) < 4.78 is 6.47. The molecule has 2 aromatic rings. The molecule has 0 bridgehead atoms. The van der Waals surface area contributed by atoms with Gasteiger partial charge in [-0.25, -0.2) is 0 Å². The Hall–Kier alpha value is -1.81. The fourth-order valence-electron chi connectivity index (χ4n) is 2.13. The highest BCUT2D eigenvalue weighted by Crippen LogP contribution is 2.26. The van der Waals surface area contributed by atoms with Gasteiger partial charge in [-0.2, -0.15) is 0 Å². The highest BCUT2D eigenvalue weighted by atomic mass is 79.9. The van der Waals surface area contributed by atoms with E-state index in [4.69, 9.17) is 4.74 Å². The Morgan fingerprint density at radius 2 is 1.86 bits per heavy atom. The zero-order chi connectivity index (χ0) is 15.9. The number of carbonyl (C=O) groups is 1. The second-order valence-electron chi connectivity index (χ2n) is 5.19. The molecule has 0 spiro atoms. The molecule has 1 N–H and O–H groups in total. The fraction of sp³-hybridized carbons (Fsp3) is 0.278. The van der Waals surface area contributed by atoms with Crippen molar-refractivity contribution in [3.63, 3.8) is 0 Å². The summed E-state index contributed by atoms with van der Waals surface area (Å²) in [5.74, 6) is 0.927. The molecular weight excluding hydrogens is 342 g/mol. The highest BCUT2D eigenvalue weighted by Gasteiger charge is 2.11. The van der Waals surface area contributed by atoms with Crippen molar-refractivity contribution in [2.24, 2.45) is 0 Å². The third-order valence-electron chi connectivity index (χ3n) is 3.56. The SMILES string of the molecule is CC[C@H](C)c1ccccc1NC(=O)COc1ccc(Br)cc1. The number of halogens is 1. The lowest BCUT2D eigenvalue weighted by Gasteiger charge is -2.15. The maximum atomic E-state index is 12.1. The van der Waals surface area contributed by atoms with Crippen LogP contribution in [0.25, 0.3) is 0 Å². The summed E-state index contributed by atoms with van der Waals surface area (Å²) in [5.41, 5.74) is 2.02. The molecule has 0 saturated heterocycles. The molecule has 4 heteroatoms. The number of carbonyl (C=O) groups excluding carboxylic acids is 1. The number of ether oxygens (including phenoxy) is 1. The molecule has 0 saturated carbocycles. The number of hydrogen-bond acceptors (Lipinski definition) is 2. The number of rotatable bonds is 6. The van der Waals surface area contributed by atoms with Crippen molar-refractivity contribution < 1.29 is 9.53 Å². The molecule has 116 valence electrons. The molecule has 0 aliphatic heterocycles. The lowest BCUT2D eigenvalue weighted by atomic mass is 9.97. The lowest BCUT2D eigenvalue weighted by Crippen LogP contribution is -2.21. The zero-order valence-corrected chi connectivity index (χ0v) is 14.4. The largest absolute Gasteiger partial charge is 0.484 e. The first kappa shape index (κ1) is 16.6. The van der Waals surface area contributed by atoms with Gasteiger partial charge in [-0.05, 0) is 48.2 Å². The third kappa shape index (κ3) is 4.60. The van der Waals surface area contributed by atoms with Crippen LogP contribution in [-0.2, 0) is 4.79 Å². The Morgan fingerprint density at radius 1 is 1.18 bits per heavy atom. The van der Waals surface area contributed by atoms with E-state index in [-0.39, 0.29) is 12.5 Å². The van der Waals surface area contributed by atoms with Gasteiger partial charge in [0.15, 0.2) is 6.61 Å². The summed E-state index contributed by atoms with van der Waals surface area (Å²) >= 11 is 3.36. The summed E-state index contributed by atoms with van der Waals surface area (Å²) in [6, 6.07) is 15.3. The van der Waals surface area contributed by atoms with E-state index >= 15 is 0 Å². The summed E-state index contributed by atoms with van der Waals surface area (Å²) in [7, 11) is 0. The molecule has 0 heterocycles. The van der Waals surface area contributed by atoms with E-state index in [0.717, 1.165) is 22.1 Å². The molecule has 1 amide bonds. The molecule has 0 aromatic heterocycles. The maximum absolute atomic E-state index is 12.1. The smallest absolute Gasteiger partial charge is 0.262 e. The minimum Gasteiger partial charge on any atom is -0.484 e. The molecule has 1 atom stereocenters. The van der Waals surface area contributed by atoms with Crippen LogP contribution in [0.3, 0.4) is 0 Å². The zero-order valence-electron chi connectivity index (χ0n) is 12.8. The number of benzene rings is 2. The van der Waals surface area contributed by atoms with Crippen LogP contribution in [0.15, 0.2) is 53.0 Å². The van der Waals surface area contributed by atoms with Crippen molar-refractivity contribution in [2.75, 3.05) is 11.9 Å². The van der Waals surface area contributed by atoms with Gasteiger partial charge in [0.25, 0.3) is 5.91 Å². The first-order chi connectivity index (χ1) is 10.6. The third-order valence-corrected chi connectivity index (χ3v) is 4.09. The summed E-state index contributed by atoms with van der Waals surface area (Å²) in [5, 5.41) is 2.93. The quantitative estimate of drug-likeness (QED) is 0.787. The van der Waals surface area contributed by atoms with Crippen LogP contribution in [0.1, 0.15) is 31.7 Å². The number of nitrogens with one attached hydrogen (secondary N) is 1. The van der Waals surface area contributed by atoms with Gasteiger partial charge >= 0.3 is 0 Å². The van der Waals surface area contributed by atoms with Gasteiger partial charge in [-0.15, -0.1) is 0 Å². The van der Waals surface area contributed by atoms with Crippen molar-refractivity contribution >= 4 is 27.5 Å². The molecule has 22 heavy (non-hydrogen) atoms. The summed E-state index contributed by atoms with van der Waals surface area (Å²) in [6.45, 7) is 4.29. The molecule has 2 rings (SSSR count). The normalized spacial score (nSPS) is 11.8. The Kier molecular flexibility index (Phi) is 6.01. The van der Waals surface area contributed by atoms with Crippen LogP contribution in [0.5, 0.6) is 5.75 Å². The molecule has 0 radical (unpaired) electrons. The minimum atomic E-state index is -0.154. The van der Waals surface area contributed by atoms with Crippen LogP contribution < -0.4 is 10.1 Å². The van der Waals surface area contributed by atoms with Gasteiger partial charge in [0.1, 0.15) is 5.75 Å². The van der Waals surface area contributed by atoms with Gasteiger partial charge in [0.2, 0.25) is 0 Å². The van der Waals surface area contributed by atoms with E-state index in [1.165, 1.54) is 0 Å². The molecule has 0 fully saturated rings. The van der Waals surface area contributed by atoms with Crippen molar-refractivity contribution in [1.82, 2.24) is 0 Å². The first-order valence-corrected chi connectivity index (χ1v) is 8.16. The van der Waals surface area contributed by atoms with Gasteiger partial charge in [0.05, 0.1) is 0 Å². The second-order valence-corrected chi connectivity index (χ2v) is 6.10. The highest BCUT2D eigenvalue weighted by molar-refractivity contribution is 9.10. The predicted molar refractivity (Wildman–Crippen MR) is 93.4 cm³/mol. The van der Waals surface area contributed by atoms with Crippen molar-refractivity contribution in [3.8, 4) is 5.75 Å². The predicted octanol–water partition coefficient (Wildman–Crippen LogP) is 4.98. The topological polar surface area (TPSA) is 38.3 Å². The fourth-order valence-corrected chi connectivity index (χ4v) is 2.39. The molecule has 0 unspecified atom stereocenters. The second kappa shape index (κ2) is 7.99. The van der Waals surface area contributed by atoms with E-state index in [0.29, 0.717) is 11.7 Å². The number of amides is 1. The maximum Gasteiger partial charge on any atom is 0.262 e. The summed E-state index contributed by atoms with van der Waals surface area (Å²) in [4.78, 5) is 12.1. The van der Waals surface area contributed by atoms with E-state index < -0.39 is 0 Å². The van der Waals surface area contributed by atoms with Crippen LogP contribution in [-0.4, -0.2) is 12.5 Å².